The van der Waals surface area contributed by atoms with Gasteiger partial charge in [-0.1, -0.05) is 36.4 Å². The minimum atomic E-state index is -3.83. The zero-order valence-electron chi connectivity index (χ0n) is 15.4. The fourth-order valence-corrected chi connectivity index (χ4v) is 3.93. The van der Waals surface area contributed by atoms with E-state index in [4.69, 9.17) is 5.11 Å². The van der Waals surface area contributed by atoms with Crippen molar-refractivity contribution in [3.8, 4) is 11.1 Å². The van der Waals surface area contributed by atoms with E-state index in [0.29, 0.717) is 12.8 Å². The second-order valence-electron chi connectivity index (χ2n) is 6.42. The molecular formula is C22H19NO5S. The third-order valence-electron chi connectivity index (χ3n) is 4.37. The Bertz CT molecular complexity index is 1120. The Morgan fingerprint density at radius 3 is 2.24 bits per heavy atom. The number of sulfonamides is 1. The Morgan fingerprint density at radius 2 is 1.62 bits per heavy atom. The Kier molecular flexibility index (Phi) is 6.09. The molecule has 0 radical (unpaired) electrons. The highest BCUT2D eigenvalue weighted by Crippen LogP contribution is 2.24. The van der Waals surface area contributed by atoms with Crippen LogP contribution in [0.5, 0.6) is 0 Å². The van der Waals surface area contributed by atoms with Gasteiger partial charge in [-0.2, -0.15) is 0 Å². The Morgan fingerprint density at radius 1 is 0.931 bits per heavy atom. The van der Waals surface area contributed by atoms with Crippen molar-refractivity contribution in [2.45, 2.75) is 17.7 Å². The zero-order valence-corrected chi connectivity index (χ0v) is 16.2. The number of hydrogen-bond acceptors (Lipinski definition) is 4. The van der Waals surface area contributed by atoms with Crippen molar-refractivity contribution < 1.29 is 23.1 Å². The fraction of sp³-hybridized carbons (Fsp3) is 0.0909. The highest BCUT2D eigenvalue weighted by Gasteiger charge is 2.15. The van der Waals surface area contributed by atoms with Crippen LogP contribution in [-0.4, -0.2) is 25.8 Å². The van der Waals surface area contributed by atoms with Crippen LogP contribution in [-0.2, 0) is 21.2 Å². The Balaban J connectivity index is 1.82. The number of aromatic carboxylic acids is 1. The molecule has 0 spiro atoms. The molecule has 0 bridgehead atoms. The number of hydrogen-bond donors (Lipinski definition) is 2. The topological polar surface area (TPSA) is 101 Å². The molecule has 0 aliphatic carbocycles. The van der Waals surface area contributed by atoms with Crippen LogP contribution in [0, 0.1) is 0 Å². The van der Waals surface area contributed by atoms with Gasteiger partial charge in [0, 0.05) is 12.1 Å². The van der Waals surface area contributed by atoms with E-state index in [1.807, 2.05) is 30.3 Å². The molecule has 0 heterocycles. The minimum absolute atomic E-state index is 0.0755. The summed E-state index contributed by atoms with van der Waals surface area (Å²) in [6, 6.07) is 19.7. The van der Waals surface area contributed by atoms with Gasteiger partial charge in [0.2, 0.25) is 0 Å². The van der Waals surface area contributed by atoms with Crippen LogP contribution in [0.3, 0.4) is 0 Å². The number of carboxylic acid groups (broad SMARTS) is 1. The number of carbonyl (C=O) groups is 2. The second-order valence-corrected chi connectivity index (χ2v) is 8.10. The molecule has 3 rings (SSSR count). The van der Waals surface area contributed by atoms with E-state index >= 15 is 0 Å². The molecular weight excluding hydrogens is 390 g/mol. The lowest BCUT2D eigenvalue weighted by atomic mass is 10.0. The van der Waals surface area contributed by atoms with Gasteiger partial charge >= 0.3 is 5.97 Å². The monoisotopic (exact) mass is 409 g/mol. The molecule has 0 fully saturated rings. The fourth-order valence-electron chi connectivity index (χ4n) is 2.83. The van der Waals surface area contributed by atoms with Crippen molar-refractivity contribution in [1.82, 2.24) is 0 Å². The van der Waals surface area contributed by atoms with Gasteiger partial charge in [-0.3, -0.25) is 4.72 Å². The average Bonchev–Trinajstić information content (AvgIpc) is 2.73. The maximum absolute atomic E-state index is 12.7. The SMILES string of the molecule is O=CCCc1ccc(-c2cccc(S(=O)(=O)Nc3ccc(C(=O)O)cc3)c2)cc1. The molecule has 148 valence electrons. The van der Waals surface area contributed by atoms with Crippen molar-refractivity contribution in [1.29, 1.82) is 0 Å². The molecule has 6 nitrogen and oxygen atoms in total. The molecule has 0 saturated heterocycles. The first kappa shape index (κ1) is 20.3. The van der Waals surface area contributed by atoms with E-state index in [9.17, 15) is 18.0 Å². The number of nitrogens with one attached hydrogen (secondary N) is 1. The third-order valence-corrected chi connectivity index (χ3v) is 5.75. The molecule has 0 unspecified atom stereocenters. The maximum atomic E-state index is 12.7. The van der Waals surface area contributed by atoms with Crippen LogP contribution in [0.15, 0.2) is 77.7 Å². The van der Waals surface area contributed by atoms with Crippen LogP contribution < -0.4 is 4.72 Å². The number of benzene rings is 3. The number of carboxylic acids is 1. The maximum Gasteiger partial charge on any atom is 0.335 e. The first-order chi connectivity index (χ1) is 13.9. The largest absolute Gasteiger partial charge is 0.478 e. The number of aryl methyl sites for hydroxylation is 1. The van der Waals surface area contributed by atoms with E-state index < -0.39 is 16.0 Å². The Labute approximate surface area is 168 Å². The Hall–Kier alpha value is -3.45. The zero-order chi connectivity index (χ0) is 20.9. The first-order valence-electron chi connectivity index (χ1n) is 8.88. The summed E-state index contributed by atoms with van der Waals surface area (Å²) < 4.78 is 27.9. The summed E-state index contributed by atoms with van der Waals surface area (Å²) in [4.78, 5) is 21.5. The van der Waals surface area contributed by atoms with Crippen molar-refractivity contribution in [2.75, 3.05) is 4.72 Å². The number of aldehydes is 1. The molecule has 0 atom stereocenters. The summed E-state index contributed by atoms with van der Waals surface area (Å²) in [6.07, 6.45) is 2.01. The smallest absolute Gasteiger partial charge is 0.335 e. The summed E-state index contributed by atoms with van der Waals surface area (Å²) in [6.45, 7) is 0. The standard InChI is InChI=1S/C22H19NO5S/c24-14-2-3-16-6-8-17(9-7-16)19-4-1-5-21(15-19)29(27,28)23-20-12-10-18(11-13-20)22(25)26/h1,4-15,23H,2-3H2,(H,25,26). The summed E-state index contributed by atoms with van der Waals surface area (Å²) in [5.74, 6) is -1.08. The van der Waals surface area contributed by atoms with Crippen molar-refractivity contribution in [3.63, 3.8) is 0 Å². The van der Waals surface area contributed by atoms with Gasteiger partial charge in [-0.25, -0.2) is 13.2 Å². The number of anilines is 1. The van der Waals surface area contributed by atoms with Crippen molar-refractivity contribution in [3.05, 3.63) is 83.9 Å². The van der Waals surface area contributed by atoms with Gasteiger partial charge in [0.05, 0.1) is 10.5 Å². The molecule has 3 aromatic carbocycles. The lowest BCUT2D eigenvalue weighted by molar-refractivity contribution is -0.107. The molecule has 0 amide bonds. The van der Waals surface area contributed by atoms with Crippen LogP contribution in [0.2, 0.25) is 0 Å². The molecule has 2 N–H and O–H groups in total. The highest BCUT2D eigenvalue weighted by atomic mass is 32.2. The van der Waals surface area contributed by atoms with E-state index in [2.05, 4.69) is 4.72 Å². The van der Waals surface area contributed by atoms with Crippen molar-refractivity contribution >= 4 is 28.0 Å². The number of rotatable bonds is 8. The normalized spacial score (nSPS) is 11.0. The van der Waals surface area contributed by atoms with Crippen molar-refractivity contribution in [2.24, 2.45) is 0 Å². The van der Waals surface area contributed by atoms with Gasteiger partial charge in [0.15, 0.2) is 0 Å². The van der Waals surface area contributed by atoms with E-state index in [0.717, 1.165) is 23.0 Å². The molecule has 0 saturated carbocycles. The van der Waals surface area contributed by atoms with Crippen LogP contribution >= 0.6 is 0 Å². The highest BCUT2D eigenvalue weighted by molar-refractivity contribution is 7.92. The summed E-state index contributed by atoms with van der Waals surface area (Å²) >= 11 is 0. The van der Waals surface area contributed by atoms with Gasteiger partial charge in [0.1, 0.15) is 6.29 Å². The van der Waals surface area contributed by atoms with E-state index in [1.54, 1.807) is 12.1 Å². The van der Waals surface area contributed by atoms with Gasteiger partial charge in [-0.05, 0) is 59.5 Å². The summed E-state index contributed by atoms with van der Waals surface area (Å²) in [7, 11) is -3.83. The van der Waals surface area contributed by atoms with Crippen LogP contribution in [0.1, 0.15) is 22.3 Å². The lowest BCUT2D eigenvalue weighted by Crippen LogP contribution is -2.13. The lowest BCUT2D eigenvalue weighted by Gasteiger charge is -2.10. The molecule has 0 aromatic heterocycles. The number of carbonyl (C=O) groups excluding carboxylic acids is 1. The average molecular weight is 409 g/mol. The van der Waals surface area contributed by atoms with E-state index in [1.165, 1.54) is 30.3 Å². The van der Waals surface area contributed by atoms with Gasteiger partial charge < -0.3 is 9.90 Å². The van der Waals surface area contributed by atoms with Crippen LogP contribution in [0.4, 0.5) is 5.69 Å². The van der Waals surface area contributed by atoms with Gasteiger partial charge in [0.25, 0.3) is 10.0 Å². The van der Waals surface area contributed by atoms with Gasteiger partial charge in [-0.15, -0.1) is 0 Å². The first-order valence-corrected chi connectivity index (χ1v) is 10.4. The molecule has 3 aromatic rings. The predicted octanol–water partition coefficient (Wildman–Crippen LogP) is 3.98. The molecule has 29 heavy (non-hydrogen) atoms. The van der Waals surface area contributed by atoms with E-state index in [-0.39, 0.29) is 16.1 Å². The summed E-state index contributed by atoms with van der Waals surface area (Å²) in [5.41, 5.74) is 3.00. The predicted molar refractivity (Wildman–Crippen MR) is 110 cm³/mol. The quantitative estimate of drug-likeness (QED) is 0.548. The third kappa shape index (κ3) is 5.08. The molecule has 7 heteroatoms. The summed E-state index contributed by atoms with van der Waals surface area (Å²) in [5, 5.41) is 8.93. The molecule has 0 aliphatic rings. The molecule has 0 aliphatic heterocycles. The second kappa shape index (κ2) is 8.70. The van der Waals surface area contributed by atoms with Crippen LogP contribution in [0.25, 0.3) is 11.1 Å². The minimum Gasteiger partial charge on any atom is -0.478 e.